The first-order valence-electron chi connectivity index (χ1n) is 11.4. The minimum Gasteiger partial charge on any atom is -0.508 e. The molecule has 4 N–H and O–H groups in total. The van der Waals surface area contributed by atoms with Gasteiger partial charge in [0.25, 0.3) is 0 Å². The van der Waals surface area contributed by atoms with Crippen LogP contribution in [0.25, 0.3) is 10.9 Å². The normalized spacial score (nSPS) is 15.2. The Labute approximate surface area is 197 Å². The number of H-pyrrole nitrogens is 1. The van der Waals surface area contributed by atoms with Gasteiger partial charge in [0.2, 0.25) is 5.56 Å². The van der Waals surface area contributed by atoms with Gasteiger partial charge in [-0.2, -0.15) is 0 Å². The Balaban J connectivity index is 1.42. The van der Waals surface area contributed by atoms with E-state index in [9.17, 15) is 15.0 Å². The second-order valence-electron chi connectivity index (χ2n) is 9.14. The highest BCUT2D eigenvalue weighted by Gasteiger charge is 2.37. The van der Waals surface area contributed by atoms with E-state index in [0.717, 1.165) is 25.0 Å². The fourth-order valence-electron chi connectivity index (χ4n) is 5.12. The number of benzene rings is 3. The number of pyridine rings is 1. The zero-order valence-electron chi connectivity index (χ0n) is 19.0. The summed E-state index contributed by atoms with van der Waals surface area (Å²) < 4.78 is 5.30. The van der Waals surface area contributed by atoms with Crippen molar-refractivity contribution in [3.05, 3.63) is 105 Å². The van der Waals surface area contributed by atoms with E-state index in [1.54, 1.807) is 19.2 Å². The first kappa shape index (κ1) is 22.2. The maximum absolute atomic E-state index is 11.7. The largest absolute Gasteiger partial charge is 0.508 e. The van der Waals surface area contributed by atoms with Gasteiger partial charge in [-0.1, -0.05) is 36.4 Å². The summed E-state index contributed by atoms with van der Waals surface area (Å²) in [6.07, 6.45) is 1.65. The SMILES string of the molecule is COc1ccc(CC2(NC[C@H](O)c3cc(O)cc4[nH]c(=O)ccc34)Cc3ccccc3C2)cc1. The van der Waals surface area contributed by atoms with Crippen molar-refractivity contribution in [1.82, 2.24) is 10.3 Å². The van der Waals surface area contributed by atoms with Crippen molar-refractivity contribution in [3.8, 4) is 11.5 Å². The molecule has 174 valence electrons. The fourth-order valence-corrected chi connectivity index (χ4v) is 5.12. The summed E-state index contributed by atoms with van der Waals surface area (Å²) >= 11 is 0. The number of hydrogen-bond acceptors (Lipinski definition) is 5. The second kappa shape index (κ2) is 8.97. The molecular formula is C28H28N2O4. The summed E-state index contributed by atoms with van der Waals surface area (Å²) in [4.78, 5) is 14.4. The highest BCUT2D eigenvalue weighted by molar-refractivity contribution is 5.84. The Hall–Kier alpha value is -3.61. The van der Waals surface area contributed by atoms with Gasteiger partial charge in [-0.05, 0) is 65.8 Å². The molecule has 0 unspecified atom stereocenters. The average Bonchev–Trinajstić information content (AvgIpc) is 3.20. The summed E-state index contributed by atoms with van der Waals surface area (Å²) in [6, 6.07) is 22.8. The number of hydrogen-bond donors (Lipinski definition) is 4. The molecule has 0 fully saturated rings. The van der Waals surface area contributed by atoms with E-state index in [-0.39, 0.29) is 16.8 Å². The van der Waals surface area contributed by atoms with Gasteiger partial charge in [0.1, 0.15) is 11.5 Å². The van der Waals surface area contributed by atoms with Crippen LogP contribution in [0.4, 0.5) is 0 Å². The molecule has 0 saturated carbocycles. The summed E-state index contributed by atoms with van der Waals surface area (Å²) in [7, 11) is 1.66. The maximum Gasteiger partial charge on any atom is 0.248 e. The molecule has 1 aliphatic rings. The molecule has 0 amide bonds. The van der Waals surface area contributed by atoms with Crippen molar-refractivity contribution in [2.45, 2.75) is 30.9 Å². The molecule has 1 aliphatic carbocycles. The van der Waals surface area contributed by atoms with Gasteiger partial charge in [-0.25, -0.2) is 0 Å². The lowest BCUT2D eigenvalue weighted by Crippen LogP contribution is -2.49. The first-order chi connectivity index (χ1) is 16.4. The van der Waals surface area contributed by atoms with Crippen LogP contribution in [0.2, 0.25) is 0 Å². The Kier molecular flexibility index (Phi) is 5.86. The molecule has 6 nitrogen and oxygen atoms in total. The molecule has 1 aromatic heterocycles. The predicted molar refractivity (Wildman–Crippen MR) is 132 cm³/mol. The van der Waals surface area contributed by atoms with Crippen LogP contribution >= 0.6 is 0 Å². The van der Waals surface area contributed by atoms with E-state index >= 15 is 0 Å². The van der Waals surface area contributed by atoms with Crippen molar-refractivity contribution < 1.29 is 14.9 Å². The Morgan fingerprint density at radius 1 is 1.03 bits per heavy atom. The van der Waals surface area contributed by atoms with Crippen LogP contribution in [0, 0.1) is 0 Å². The number of phenols is 1. The first-order valence-corrected chi connectivity index (χ1v) is 11.4. The van der Waals surface area contributed by atoms with Gasteiger partial charge in [-0.15, -0.1) is 0 Å². The van der Waals surface area contributed by atoms with E-state index < -0.39 is 6.10 Å². The van der Waals surface area contributed by atoms with Gasteiger partial charge in [0, 0.05) is 29.6 Å². The number of aromatic nitrogens is 1. The molecule has 1 atom stereocenters. The number of aliphatic hydroxyl groups excluding tert-OH is 1. The second-order valence-corrected chi connectivity index (χ2v) is 9.14. The lowest BCUT2D eigenvalue weighted by atomic mass is 9.87. The highest BCUT2D eigenvalue weighted by atomic mass is 16.5. The number of rotatable bonds is 7. The number of ether oxygens (including phenoxy) is 1. The van der Waals surface area contributed by atoms with Crippen molar-refractivity contribution in [3.63, 3.8) is 0 Å². The monoisotopic (exact) mass is 456 g/mol. The minimum absolute atomic E-state index is 0.00428. The van der Waals surface area contributed by atoms with Crippen molar-refractivity contribution in [1.29, 1.82) is 0 Å². The smallest absolute Gasteiger partial charge is 0.248 e. The molecule has 0 saturated heterocycles. The van der Waals surface area contributed by atoms with E-state index in [1.807, 2.05) is 12.1 Å². The maximum atomic E-state index is 11.7. The van der Waals surface area contributed by atoms with E-state index in [0.29, 0.717) is 23.0 Å². The third-order valence-electron chi connectivity index (χ3n) is 6.76. The number of aromatic amines is 1. The molecule has 0 spiro atoms. The Bertz CT molecular complexity index is 1350. The van der Waals surface area contributed by atoms with Gasteiger partial charge >= 0.3 is 0 Å². The van der Waals surface area contributed by atoms with Gasteiger partial charge in [-0.3, -0.25) is 4.79 Å². The number of aliphatic hydroxyl groups is 1. The van der Waals surface area contributed by atoms with Crippen molar-refractivity contribution >= 4 is 10.9 Å². The van der Waals surface area contributed by atoms with Crippen LogP contribution in [0.3, 0.4) is 0 Å². The molecule has 3 aromatic carbocycles. The number of nitrogens with one attached hydrogen (secondary N) is 2. The Morgan fingerprint density at radius 2 is 1.74 bits per heavy atom. The van der Waals surface area contributed by atoms with E-state index in [2.05, 4.69) is 46.7 Å². The quantitative estimate of drug-likeness (QED) is 0.341. The Morgan fingerprint density at radius 3 is 2.41 bits per heavy atom. The van der Waals surface area contributed by atoms with Gasteiger partial charge in [0.15, 0.2) is 0 Å². The van der Waals surface area contributed by atoms with Crippen molar-refractivity contribution in [2.75, 3.05) is 13.7 Å². The number of methoxy groups -OCH3 is 1. The predicted octanol–water partition coefficient (Wildman–Crippen LogP) is 3.65. The summed E-state index contributed by atoms with van der Waals surface area (Å²) in [5.41, 5.74) is 4.41. The van der Waals surface area contributed by atoms with Crippen LogP contribution in [-0.4, -0.2) is 34.4 Å². The number of fused-ring (bicyclic) bond motifs is 2. The molecule has 0 radical (unpaired) electrons. The zero-order chi connectivity index (χ0) is 23.7. The molecule has 34 heavy (non-hydrogen) atoms. The highest BCUT2D eigenvalue weighted by Crippen LogP contribution is 2.34. The average molecular weight is 457 g/mol. The number of aromatic hydroxyl groups is 1. The van der Waals surface area contributed by atoms with Gasteiger partial charge in [0.05, 0.1) is 18.7 Å². The van der Waals surface area contributed by atoms with E-state index in [4.69, 9.17) is 4.74 Å². The van der Waals surface area contributed by atoms with Crippen LogP contribution < -0.4 is 15.6 Å². The zero-order valence-corrected chi connectivity index (χ0v) is 19.0. The minimum atomic E-state index is -0.864. The third-order valence-corrected chi connectivity index (χ3v) is 6.76. The fraction of sp³-hybridized carbons (Fsp3) is 0.250. The van der Waals surface area contributed by atoms with Crippen molar-refractivity contribution in [2.24, 2.45) is 0 Å². The lowest BCUT2D eigenvalue weighted by Gasteiger charge is -2.32. The molecule has 1 heterocycles. The molecule has 6 heteroatoms. The number of phenolic OH excluding ortho intramolecular Hbond substituents is 1. The molecular weight excluding hydrogens is 428 g/mol. The summed E-state index contributed by atoms with van der Waals surface area (Å²) in [5.74, 6) is 0.828. The molecule has 4 aromatic rings. The molecule has 0 bridgehead atoms. The van der Waals surface area contributed by atoms with Crippen LogP contribution in [0.15, 0.2) is 77.6 Å². The summed E-state index contributed by atoms with van der Waals surface area (Å²) in [5, 5.41) is 25.7. The molecule has 0 aliphatic heterocycles. The lowest BCUT2D eigenvalue weighted by molar-refractivity contribution is 0.157. The third kappa shape index (κ3) is 4.42. The topological polar surface area (TPSA) is 94.6 Å². The van der Waals surface area contributed by atoms with Gasteiger partial charge < -0.3 is 25.3 Å². The number of β-amino-alcohol motifs (C(OH)–C–C–N with tert-alkyl or cyclic N) is 1. The molecule has 5 rings (SSSR count). The standard InChI is InChI=1S/C28H28N2O4/c1-34-22-8-6-18(7-9-22)14-28(15-19-4-2-3-5-20(19)16-28)29-17-26(32)24-12-21(31)13-25-23(24)10-11-27(33)30-25/h2-13,26,29,31-32H,14-17H2,1H3,(H,30,33)/t26-/m0/s1. The van der Waals surface area contributed by atoms with E-state index in [1.165, 1.54) is 28.8 Å². The van der Waals surface area contributed by atoms with Crippen LogP contribution in [0.1, 0.15) is 28.4 Å². The van der Waals surface area contributed by atoms with Crippen LogP contribution in [-0.2, 0) is 19.3 Å². The summed E-state index contributed by atoms with van der Waals surface area (Å²) in [6.45, 7) is 0.307. The van der Waals surface area contributed by atoms with Crippen LogP contribution in [0.5, 0.6) is 11.5 Å².